The van der Waals surface area contributed by atoms with E-state index in [0.717, 1.165) is 195 Å². The molecule has 2 aromatic heterocycles. The van der Waals surface area contributed by atoms with Gasteiger partial charge in [-0.3, -0.25) is 0 Å². The maximum absolute atomic E-state index is 10.2. The van der Waals surface area contributed by atoms with E-state index < -0.39 is 13.6 Å². The molecule has 4 nitrogen and oxygen atoms in total. The minimum Gasteiger partial charge on any atom is -0.310 e. The summed E-state index contributed by atoms with van der Waals surface area (Å²) in [5.74, 6) is 0.313. The summed E-state index contributed by atoms with van der Waals surface area (Å²) in [5, 5.41) is 4.68. The van der Waals surface area contributed by atoms with E-state index in [2.05, 4.69) is 450 Å². The number of rotatable bonds is 13. The average Bonchev–Trinajstić information content (AvgIpc) is 0.731. The highest BCUT2D eigenvalue weighted by Crippen LogP contribution is 2.56. The summed E-state index contributed by atoms with van der Waals surface area (Å²) < 4.78 is 35.5. The molecular formula is C114H91BN4. The summed E-state index contributed by atoms with van der Waals surface area (Å²) in [6.45, 7) is 15.3. The number of hydrogen-bond donors (Lipinski definition) is 0. The Morgan fingerprint density at radius 2 is 0.588 bits per heavy atom. The molecule has 19 aromatic rings. The zero-order valence-corrected chi connectivity index (χ0v) is 68.3. The summed E-state index contributed by atoms with van der Waals surface area (Å²) in [4.78, 5) is 5.03. The molecule has 570 valence electrons. The van der Waals surface area contributed by atoms with Crippen LogP contribution in [0.5, 0.6) is 0 Å². The largest absolute Gasteiger partial charge is 0.310 e. The van der Waals surface area contributed by atoms with Crippen LogP contribution < -0.4 is 26.2 Å². The molecule has 0 bridgehead atoms. The second-order valence-electron chi connectivity index (χ2n) is 34.8. The van der Waals surface area contributed by atoms with Gasteiger partial charge in [-0.2, -0.15) is 0 Å². The van der Waals surface area contributed by atoms with Gasteiger partial charge >= 0.3 is 0 Å². The zero-order valence-electron chi connectivity index (χ0n) is 71.3. The molecule has 5 heteroatoms. The van der Waals surface area contributed by atoms with E-state index in [1.54, 1.807) is 0 Å². The van der Waals surface area contributed by atoms with Crippen molar-refractivity contribution >= 4 is 101 Å². The van der Waals surface area contributed by atoms with Crippen LogP contribution in [0.1, 0.15) is 87.7 Å². The number of aromatic nitrogens is 2. The molecule has 0 atom stereocenters. The van der Waals surface area contributed by atoms with Gasteiger partial charge in [0, 0.05) is 82.0 Å². The maximum atomic E-state index is 10.2. The highest BCUT2D eigenvalue weighted by atomic mass is 15.2. The second kappa shape index (κ2) is 28.7. The summed E-state index contributed by atoms with van der Waals surface area (Å²) >= 11 is 0. The van der Waals surface area contributed by atoms with E-state index in [1.165, 1.54) is 16.3 Å². The van der Waals surface area contributed by atoms with Crippen molar-refractivity contribution in [3.63, 3.8) is 0 Å². The first kappa shape index (κ1) is 69.3. The molecule has 4 heterocycles. The number of fused-ring (bicyclic) bond motifs is 10. The first-order valence-corrected chi connectivity index (χ1v) is 41.8. The van der Waals surface area contributed by atoms with Crippen molar-refractivity contribution in [1.82, 2.24) is 9.13 Å². The molecule has 119 heavy (non-hydrogen) atoms. The molecule has 0 N–H and O–H groups in total. The van der Waals surface area contributed by atoms with Crippen molar-refractivity contribution in [2.75, 3.05) is 9.80 Å². The standard InChI is InChI=1S/C114H91BN4/c1-73(2)79-54-59-105-99(66-79)94-50-24-27-53-104(94)117(105)91-56-58-101-107(72-91)119(112-96(78-38-20-13-21-39-78)68-89(114(7,8)9)70-98(112)87-47-31-45-85(65-87)83-43-29-41-81(63-83)76-34-16-11-17-35-76)109-61-74(3)60-108-110(109)115(101)100-57-55-90(116-102-51-25-22-48-92(102)93-49-23-26-52-103(93)116)71-106(100)118(108)111-95(77-36-18-12-19-37-77)67-88(113(4,5)6)69-97(111)86-46-30-44-84(64-86)82-42-28-40-80(62-82)75-32-14-10-15-33-75/h10-73H,1-9H3/i3D3. The maximum Gasteiger partial charge on any atom is 0.252 e. The Hall–Kier alpha value is -14.0. The molecule has 17 aromatic carbocycles. The van der Waals surface area contributed by atoms with Crippen LogP contribution in [0, 0.1) is 6.85 Å². The van der Waals surface area contributed by atoms with Gasteiger partial charge in [-0.05, 0) is 244 Å². The van der Waals surface area contributed by atoms with Crippen LogP contribution in [0.15, 0.2) is 382 Å². The Kier molecular flexibility index (Phi) is 16.7. The zero-order chi connectivity index (χ0) is 83.0. The van der Waals surface area contributed by atoms with Crippen molar-refractivity contribution in [2.45, 2.75) is 79.0 Å². The molecule has 0 spiro atoms. The van der Waals surface area contributed by atoms with Gasteiger partial charge < -0.3 is 18.9 Å². The summed E-state index contributed by atoms with van der Waals surface area (Å²) in [6.07, 6.45) is 0. The van der Waals surface area contributed by atoms with Crippen LogP contribution in [-0.2, 0) is 10.8 Å². The van der Waals surface area contributed by atoms with Crippen LogP contribution in [0.4, 0.5) is 34.1 Å². The van der Waals surface area contributed by atoms with Gasteiger partial charge in [0.15, 0.2) is 0 Å². The topological polar surface area (TPSA) is 16.3 Å². The monoisotopic (exact) mass is 1530 g/mol. The van der Waals surface area contributed by atoms with Crippen molar-refractivity contribution < 1.29 is 4.11 Å². The molecule has 21 rings (SSSR count). The number of anilines is 6. The first-order valence-electron chi connectivity index (χ1n) is 43.3. The van der Waals surface area contributed by atoms with E-state index in [9.17, 15) is 4.11 Å². The van der Waals surface area contributed by atoms with E-state index in [0.29, 0.717) is 5.92 Å². The van der Waals surface area contributed by atoms with E-state index in [4.69, 9.17) is 0 Å². The third kappa shape index (κ3) is 12.5. The predicted molar refractivity (Wildman–Crippen MR) is 509 cm³/mol. The molecular weight excluding hydrogens is 1440 g/mol. The van der Waals surface area contributed by atoms with Crippen LogP contribution in [-0.4, -0.2) is 15.8 Å². The number of nitrogens with zero attached hydrogens (tertiary/aromatic N) is 4. The fourth-order valence-corrected chi connectivity index (χ4v) is 19.0. The minimum atomic E-state index is -2.64. The van der Waals surface area contributed by atoms with Crippen molar-refractivity contribution in [2.24, 2.45) is 0 Å². The summed E-state index contributed by atoms with van der Waals surface area (Å²) in [7, 11) is 0. The highest BCUT2D eigenvalue weighted by Gasteiger charge is 2.46. The second-order valence-corrected chi connectivity index (χ2v) is 34.8. The summed E-state index contributed by atoms with van der Waals surface area (Å²) in [6, 6.07) is 141. The third-order valence-electron chi connectivity index (χ3n) is 25.0. The van der Waals surface area contributed by atoms with E-state index in [-0.39, 0.29) is 16.4 Å². The molecule has 2 aliphatic rings. The number of aryl methyl sites for hydroxylation is 1. The lowest BCUT2D eigenvalue weighted by Crippen LogP contribution is -2.61. The van der Waals surface area contributed by atoms with Gasteiger partial charge in [-0.15, -0.1) is 0 Å². The van der Waals surface area contributed by atoms with Crippen molar-refractivity contribution in [3.8, 4) is 100 Å². The normalized spacial score (nSPS) is 13.1. The molecule has 2 aliphatic heterocycles. The van der Waals surface area contributed by atoms with Crippen LogP contribution in [0.2, 0.25) is 0 Å². The fraction of sp³-hybridized carbons (Fsp3) is 0.105. The van der Waals surface area contributed by atoms with Gasteiger partial charge in [-0.1, -0.05) is 322 Å². The Morgan fingerprint density at radius 1 is 0.269 bits per heavy atom. The highest BCUT2D eigenvalue weighted by molar-refractivity contribution is 7.00. The molecule has 0 fully saturated rings. The van der Waals surface area contributed by atoms with Gasteiger partial charge in [-0.25, -0.2) is 0 Å². The Balaban J connectivity index is 0.920. The van der Waals surface area contributed by atoms with Crippen molar-refractivity contribution in [3.05, 3.63) is 404 Å². The Labute approximate surface area is 703 Å². The predicted octanol–water partition coefficient (Wildman–Crippen LogP) is 29.3. The number of para-hydroxylation sites is 3. The fourth-order valence-electron chi connectivity index (χ4n) is 19.0. The van der Waals surface area contributed by atoms with Gasteiger partial charge in [0.2, 0.25) is 0 Å². The van der Waals surface area contributed by atoms with E-state index >= 15 is 0 Å². The molecule has 0 saturated carbocycles. The third-order valence-corrected chi connectivity index (χ3v) is 25.0. The molecule has 0 amide bonds. The van der Waals surface area contributed by atoms with Crippen molar-refractivity contribution in [1.29, 1.82) is 0 Å². The first-order chi connectivity index (χ1) is 59.2. The lowest BCUT2D eigenvalue weighted by atomic mass is 9.33. The minimum absolute atomic E-state index is 0.216. The SMILES string of the molecule is [2H]C([2H])([2H])c1cc2c3c(c1)N(c1c(-c4ccccc4)cc(C(C)(C)C)cc1-c1cccc(-c4cccc(-c5ccccc5)c4)c1)c1cc(-n4c5ccccc5c5cc(C(C)C)ccc54)ccc1B3c1ccc(-n3c4ccccc4c4ccccc43)cc1N2c1c(-c2ccccc2)cc(C(C)(C)C)cc1-c1cccc(-c2cccc(-c3ccccc3)c2)c1. The van der Waals surface area contributed by atoms with E-state index in [1.807, 2.05) is 6.07 Å². The van der Waals surface area contributed by atoms with Crippen LogP contribution >= 0.6 is 0 Å². The molecule has 0 unspecified atom stereocenters. The smallest absolute Gasteiger partial charge is 0.252 e. The van der Waals surface area contributed by atoms with Crippen LogP contribution in [0.25, 0.3) is 144 Å². The Bertz CT molecular complexity index is 7300. The van der Waals surface area contributed by atoms with Crippen LogP contribution in [0.3, 0.4) is 0 Å². The Morgan fingerprint density at radius 3 is 0.966 bits per heavy atom. The number of benzene rings is 17. The molecule has 0 saturated heterocycles. The van der Waals surface area contributed by atoms with Gasteiger partial charge in [0.25, 0.3) is 6.71 Å². The van der Waals surface area contributed by atoms with Gasteiger partial charge in [0.05, 0.1) is 33.4 Å². The number of hydrogen-bond acceptors (Lipinski definition) is 2. The van der Waals surface area contributed by atoms with Gasteiger partial charge in [0.1, 0.15) is 0 Å². The quantitative estimate of drug-likeness (QED) is 0.107. The average molecular weight is 1530 g/mol. The molecule has 0 radical (unpaired) electrons. The molecule has 0 aliphatic carbocycles. The lowest BCUT2D eigenvalue weighted by Gasteiger charge is -2.46. The summed E-state index contributed by atoms with van der Waals surface area (Å²) in [5.41, 5.74) is 34.9. The lowest BCUT2D eigenvalue weighted by molar-refractivity contribution is 0.590.